The summed E-state index contributed by atoms with van der Waals surface area (Å²) in [7, 11) is -7.58. The summed E-state index contributed by atoms with van der Waals surface area (Å²) in [4.78, 5) is 13.0. The van der Waals surface area contributed by atoms with Crippen molar-refractivity contribution in [2.45, 2.75) is 54.2 Å². The number of amides is 1. The molecule has 1 saturated heterocycles. The molecule has 8 nitrogen and oxygen atoms in total. The molecule has 0 atom stereocenters. The van der Waals surface area contributed by atoms with Crippen molar-refractivity contribution in [1.29, 1.82) is 0 Å². The first-order valence-electron chi connectivity index (χ1n) is 11.2. The maximum atomic E-state index is 13.0. The third-order valence-electron chi connectivity index (χ3n) is 5.57. The summed E-state index contributed by atoms with van der Waals surface area (Å²) in [6.07, 6.45) is 5.56. The molecule has 34 heavy (non-hydrogen) atoms. The van der Waals surface area contributed by atoms with Crippen molar-refractivity contribution in [3.8, 4) is 0 Å². The largest absolute Gasteiger partial charge is 0.325 e. The van der Waals surface area contributed by atoms with Gasteiger partial charge in [-0.05, 0) is 61.6 Å². The molecule has 2 aromatic carbocycles. The van der Waals surface area contributed by atoms with E-state index in [-0.39, 0.29) is 27.3 Å². The van der Waals surface area contributed by atoms with E-state index in [1.54, 1.807) is 19.9 Å². The Labute approximate surface area is 206 Å². The number of anilines is 2. The summed E-state index contributed by atoms with van der Waals surface area (Å²) in [6.45, 7) is 4.51. The number of carbonyl (C=O) groups excluding carboxylic acids is 1. The van der Waals surface area contributed by atoms with Crippen LogP contribution in [0, 0.1) is 5.92 Å². The van der Waals surface area contributed by atoms with Crippen LogP contribution < -0.4 is 10.0 Å². The molecule has 2 N–H and O–H groups in total. The first kappa shape index (κ1) is 26.5. The third kappa shape index (κ3) is 6.32. The predicted octanol–water partition coefficient (Wildman–Crippen LogP) is 4.37. The Hall–Kier alpha value is -2.08. The van der Waals surface area contributed by atoms with E-state index in [1.807, 2.05) is 6.26 Å². The molecule has 1 fully saturated rings. The van der Waals surface area contributed by atoms with Crippen LogP contribution in [0.1, 0.15) is 39.5 Å². The van der Waals surface area contributed by atoms with Crippen molar-refractivity contribution in [2.24, 2.45) is 5.92 Å². The van der Waals surface area contributed by atoms with Crippen molar-refractivity contribution in [3.05, 3.63) is 42.5 Å². The molecular weight excluding hydrogens is 494 g/mol. The maximum absolute atomic E-state index is 13.0. The molecule has 0 aliphatic carbocycles. The van der Waals surface area contributed by atoms with Crippen LogP contribution in [0.3, 0.4) is 0 Å². The summed E-state index contributed by atoms with van der Waals surface area (Å²) in [5.41, 5.74) is 0.671. The summed E-state index contributed by atoms with van der Waals surface area (Å²) in [5, 5.41) is 2.77. The molecule has 0 aromatic heterocycles. The number of hydrogen-bond donors (Lipinski definition) is 2. The van der Waals surface area contributed by atoms with Gasteiger partial charge in [0.05, 0.1) is 15.5 Å². The van der Waals surface area contributed by atoms with Crippen molar-refractivity contribution < 1.29 is 21.6 Å². The third-order valence-corrected chi connectivity index (χ3v) is 9.66. The Morgan fingerprint density at radius 3 is 2.06 bits per heavy atom. The normalized spacial score (nSPS) is 15.6. The number of hydrogen-bond acceptors (Lipinski definition) is 6. The molecule has 1 heterocycles. The SMILES string of the molecule is CSc1ccc(S(=O)(=O)Nc2ccc(S(=O)(=O)N3CCCCCC3)cc2)cc1NC(=O)C(C)C. The van der Waals surface area contributed by atoms with Crippen LogP contribution in [0.4, 0.5) is 11.4 Å². The molecule has 11 heteroatoms. The highest BCUT2D eigenvalue weighted by atomic mass is 32.2. The lowest BCUT2D eigenvalue weighted by Gasteiger charge is -2.20. The summed E-state index contributed by atoms with van der Waals surface area (Å²) < 4.78 is 55.8. The molecule has 0 radical (unpaired) electrons. The second-order valence-electron chi connectivity index (χ2n) is 8.45. The van der Waals surface area contributed by atoms with E-state index >= 15 is 0 Å². The van der Waals surface area contributed by atoms with Gasteiger partial charge in [-0.3, -0.25) is 9.52 Å². The Bertz CT molecular complexity index is 1220. The van der Waals surface area contributed by atoms with Crippen LogP contribution >= 0.6 is 11.8 Å². The molecule has 186 valence electrons. The minimum absolute atomic E-state index is 0.00868. The number of thioether (sulfide) groups is 1. The molecule has 0 bridgehead atoms. The standard InChI is InChI=1S/C23H31N3O5S3/c1-17(2)23(27)24-21-16-20(12-13-22(21)32-3)33(28,29)25-18-8-10-19(11-9-18)34(30,31)26-14-6-4-5-7-15-26/h8-13,16-17,25H,4-7,14-15H2,1-3H3,(H,24,27). The highest BCUT2D eigenvalue weighted by Crippen LogP contribution is 2.30. The summed E-state index contributed by atoms with van der Waals surface area (Å²) >= 11 is 1.40. The van der Waals surface area contributed by atoms with E-state index in [9.17, 15) is 21.6 Å². The first-order chi connectivity index (χ1) is 16.0. The van der Waals surface area contributed by atoms with Crippen molar-refractivity contribution >= 4 is 49.1 Å². The number of benzene rings is 2. The molecule has 0 saturated carbocycles. The van der Waals surface area contributed by atoms with E-state index < -0.39 is 20.0 Å². The monoisotopic (exact) mass is 525 g/mol. The lowest BCUT2D eigenvalue weighted by molar-refractivity contribution is -0.118. The molecule has 1 aliphatic heterocycles. The molecular formula is C23H31N3O5S3. The van der Waals surface area contributed by atoms with Gasteiger partial charge in [-0.1, -0.05) is 26.7 Å². The number of carbonyl (C=O) groups is 1. The zero-order chi connectivity index (χ0) is 24.9. The Morgan fingerprint density at radius 1 is 0.912 bits per heavy atom. The van der Waals surface area contributed by atoms with E-state index in [4.69, 9.17) is 0 Å². The zero-order valence-electron chi connectivity index (χ0n) is 19.6. The fourth-order valence-electron chi connectivity index (χ4n) is 3.57. The highest BCUT2D eigenvalue weighted by Gasteiger charge is 2.25. The van der Waals surface area contributed by atoms with Gasteiger partial charge in [-0.2, -0.15) is 4.31 Å². The molecule has 0 spiro atoms. The molecule has 0 unspecified atom stereocenters. The number of sulfonamides is 2. The van der Waals surface area contributed by atoms with Crippen LogP contribution in [0.25, 0.3) is 0 Å². The van der Waals surface area contributed by atoms with E-state index in [0.717, 1.165) is 30.6 Å². The van der Waals surface area contributed by atoms with Crippen LogP contribution in [-0.4, -0.2) is 46.4 Å². The molecule has 1 amide bonds. The lowest BCUT2D eigenvalue weighted by Crippen LogP contribution is -2.31. The second-order valence-corrected chi connectivity index (χ2v) is 12.9. The minimum atomic E-state index is -3.96. The van der Waals surface area contributed by atoms with Gasteiger partial charge in [0.1, 0.15) is 0 Å². The van der Waals surface area contributed by atoms with Crippen LogP contribution in [0.5, 0.6) is 0 Å². The minimum Gasteiger partial charge on any atom is -0.325 e. The Balaban J connectivity index is 1.80. The maximum Gasteiger partial charge on any atom is 0.261 e. The van der Waals surface area contributed by atoms with Crippen molar-refractivity contribution in [1.82, 2.24) is 4.31 Å². The fraction of sp³-hybridized carbons (Fsp3) is 0.435. The van der Waals surface area contributed by atoms with Gasteiger partial charge in [0.2, 0.25) is 15.9 Å². The smallest absolute Gasteiger partial charge is 0.261 e. The van der Waals surface area contributed by atoms with E-state index in [0.29, 0.717) is 18.8 Å². The Morgan fingerprint density at radius 2 is 1.50 bits per heavy atom. The topological polar surface area (TPSA) is 113 Å². The summed E-state index contributed by atoms with van der Waals surface area (Å²) in [5.74, 6) is -0.462. The van der Waals surface area contributed by atoms with Crippen LogP contribution in [-0.2, 0) is 24.8 Å². The Kier molecular flexibility index (Phi) is 8.66. The van der Waals surface area contributed by atoms with Crippen LogP contribution in [0.15, 0.2) is 57.2 Å². The van der Waals surface area contributed by atoms with Gasteiger partial charge in [0.25, 0.3) is 10.0 Å². The van der Waals surface area contributed by atoms with Gasteiger partial charge in [0.15, 0.2) is 0 Å². The van der Waals surface area contributed by atoms with Crippen molar-refractivity contribution in [3.63, 3.8) is 0 Å². The van der Waals surface area contributed by atoms with Gasteiger partial charge in [-0.25, -0.2) is 16.8 Å². The zero-order valence-corrected chi connectivity index (χ0v) is 22.0. The molecule has 2 aromatic rings. The van der Waals surface area contributed by atoms with Gasteiger partial charge < -0.3 is 5.32 Å². The van der Waals surface area contributed by atoms with Gasteiger partial charge in [-0.15, -0.1) is 11.8 Å². The average Bonchev–Trinajstić information content (AvgIpc) is 3.09. The fourth-order valence-corrected chi connectivity index (χ4v) is 6.70. The van der Waals surface area contributed by atoms with E-state index in [1.165, 1.54) is 52.5 Å². The van der Waals surface area contributed by atoms with Gasteiger partial charge >= 0.3 is 0 Å². The summed E-state index contributed by atoms with van der Waals surface area (Å²) in [6, 6.07) is 10.3. The second kappa shape index (κ2) is 11.1. The van der Waals surface area contributed by atoms with Crippen molar-refractivity contribution in [2.75, 3.05) is 29.4 Å². The number of nitrogens with one attached hydrogen (secondary N) is 2. The quantitative estimate of drug-likeness (QED) is 0.495. The highest BCUT2D eigenvalue weighted by molar-refractivity contribution is 7.98. The number of rotatable bonds is 8. The van der Waals surface area contributed by atoms with Crippen LogP contribution in [0.2, 0.25) is 0 Å². The average molecular weight is 526 g/mol. The first-order valence-corrected chi connectivity index (χ1v) is 15.3. The van der Waals surface area contributed by atoms with Gasteiger partial charge in [0, 0.05) is 29.6 Å². The molecule has 1 aliphatic rings. The number of nitrogens with zero attached hydrogens (tertiary/aromatic N) is 1. The lowest BCUT2D eigenvalue weighted by atomic mass is 10.2. The van der Waals surface area contributed by atoms with E-state index in [2.05, 4.69) is 10.0 Å². The predicted molar refractivity (Wildman–Crippen MR) is 136 cm³/mol. The molecule has 3 rings (SSSR count).